The van der Waals surface area contributed by atoms with Crippen LogP contribution < -0.4 is 4.90 Å². The second-order valence-electron chi connectivity index (χ2n) is 7.02. The van der Waals surface area contributed by atoms with Crippen LogP contribution in [-0.4, -0.2) is 64.3 Å². The summed E-state index contributed by atoms with van der Waals surface area (Å²) in [7, 11) is 0. The van der Waals surface area contributed by atoms with Gasteiger partial charge in [0, 0.05) is 58.1 Å². The molecular formula is C20H23N5O2. The molecule has 1 atom stereocenters. The molecule has 4 rings (SSSR count). The molecule has 2 saturated heterocycles. The van der Waals surface area contributed by atoms with Crippen LogP contribution >= 0.6 is 0 Å². The highest BCUT2D eigenvalue weighted by Gasteiger charge is 2.37. The summed E-state index contributed by atoms with van der Waals surface area (Å²) in [5.41, 5.74) is 1.09. The van der Waals surface area contributed by atoms with Crippen LogP contribution in [-0.2, 0) is 16.1 Å². The second-order valence-corrected chi connectivity index (χ2v) is 7.02. The van der Waals surface area contributed by atoms with Gasteiger partial charge in [-0.3, -0.25) is 9.59 Å². The Hall–Kier alpha value is -2.96. The normalized spacial score (nSPS) is 20.2. The van der Waals surface area contributed by atoms with Crippen LogP contribution in [0.5, 0.6) is 0 Å². The SMILES string of the molecule is O=C1C[C@H](C(=O)N2CCN(c3ncccn3)CC2)CN1Cc1ccccc1. The minimum Gasteiger partial charge on any atom is -0.339 e. The molecule has 2 amide bonds. The summed E-state index contributed by atoms with van der Waals surface area (Å²) in [5, 5.41) is 0. The van der Waals surface area contributed by atoms with Gasteiger partial charge >= 0.3 is 0 Å². The Balaban J connectivity index is 1.32. The minimum atomic E-state index is -0.235. The van der Waals surface area contributed by atoms with E-state index in [1.54, 1.807) is 23.4 Å². The zero-order chi connectivity index (χ0) is 18.6. The van der Waals surface area contributed by atoms with Crippen molar-refractivity contribution in [3.05, 3.63) is 54.4 Å². The van der Waals surface area contributed by atoms with Gasteiger partial charge < -0.3 is 14.7 Å². The number of likely N-dealkylation sites (tertiary alicyclic amines) is 1. The summed E-state index contributed by atoms with van der Waals surface area (Å²) in [6.45, 7) is 3.78. The van der Waals surface area contributed by atoms with Gasteiger partial charge in [-0.15, -0.1) is 0 Å². The van der Waals surface area contributed by atoms with Gasteiger partial charge in [-0.25, -0.2) is 9.97 Å². The van der Waals surface area contributed by atoms with Crippen LogP contribution in [0.25, 0.3) is 0 Å². The molecular weight excluding hydrogens is 342 g/mol. The molecule has 1 aromatic heterocycles. The Morgan fingerprint density at radius 1 is 1.00 bits per heavy atom. The van der Waals surface area contributed by atoms with Gasteiger partial charge in [-0.1, -0.05) is 30.3 Å². The Bertz CT molecular complexity index is 791. The van der Waals surface area contributed by atoms with Crippen molar-refractivity contribution >= 4 is 17.8 Å². The molecule has 140 valence electrons. The molecule has 0 unspecified atom stereocenters. The molecule has 7 nitrogen and oxygen atoms in total. The van der Waals surface area contributed by atoms with E-state index in [9.17, 15) is 9.59 Å². The van der Waals surface area contributed by atoms with E-state index < -0.39 is 0 Å². The zero-order valence-corrected chi connectivity index (χ0v) is 15.2. The molecule has 3 heterocycles. The van der Waals surface area contributed by atoms with Crippen molar-refractivity contribution in [1.29, 1.82) is 0 Å². The largest absolute Gasteiger partial charge is 0.339 e. The zero-order valence-electron chi connectivity index (χ0n) is 15.2. The van der Waals surface area contributed by atoms with Crippen molar-refractivity contribution in [2.45, 2.75) is 13.0 Å². The van der Waals surface area contributed by atoms with E-state index in [-0.39, 0.29) is 17.7 Å². The topological polar surface area (TPSA) is 69.6 Å². The summed E-state index contributed by atoms with van der Waals surface area (Å²) in [4.78, 5) is 39.5. The Labute approximate surface area is 158 Å². The Kier molecular flexibility index (Phi) is 5.00. The van der Waals surface area contributed by atoms with Crippen molar-refractivity contribution in [2.75, 3.05) is 37.6 Å². The van der Waals surface area contributed by atoms with Crippen LogP contribution in [0.2, 0.25) is 0 Å². The first-order chi connectivity index (χ1) is 13.2. The van der Waals surface area contributed by atoms with Crippen LogP contribution in [0.4, 0.5) is 5.95 Å². The van der Waals surface area contributed by atoms with Crippen LogP contribution in [0, 0.1) is 5.92 Å². The fourth-order valence-electron chi connectivity index (χ4n) is 3.73. The predicted molar refractivity (Wildman–Crippen MR) is 101 cm³/mol. The second kappa shape index (κ2) is 7.73. The van der Waals surface area contributed by atoms with Gasteiger partial charge in [0.1, 0.15) is 0 Å². The molecule has 0 spiro atoms. The molecule has 2 aliphatic heterocycles. The van der Waals surface area contributed by atoms with E-state index in [4.69, 9.17) is 0 Å². The number of hydrogen-bond donors (Lipinski definition) is 0. The number of nitrogens with zero attached hydrogens (tertiary/aromatic N) is 5. The van der Waals surface area contributed by atoms with E-state index in [0.29, 0.717) is 51.6 Å². The molecule has 2 fully saturated rings. The summed E-state index contributed by atoms with van der Waals surface area (Å²) in [6.07, 6.45) is 3.77. The Morgan fingerprint density at radius 2 is 1.70 bits per heavy atom. The summed E-state index contributed by atoms with van der Waals surface area (Å²) >= 11 is 0. The number of amides is 2. The van der Waals surface area contributed by atoms with E-state index in [1.165, 1.54) is 0 Å². The molecule has 0 radical (unpaired) electrons. The van der Waals surface area contributed by atoms with E-state index in [1.807, 2.05) is 35.2 Å². The van der Waals surface area contributed by atoms with E-state index in [2.05, 4.69) is 14.9 Å². The fourth-order valence-corrected chi connectivity index (χ4v) is 3.73. The lowest BCUT2D eigenvalue weighted by atomic mass is 10.1. The van der Waals surface area contributed by atoms with Crippen molar-refractivity contribution in [2.24, 2.45) is 5.92 Å². The molecule has 0 saturated carbocycles. The molecule has 2 aromatic rings. The monoisotopic (exact) mass is 365 g/mol. The fraction of sp³-hybridized carbons (Fsp3) is 0.400. The maximum atomic E-state index is 12.9. The highest BCUT2D eigenvalue weighted by atomic mass is 16.2. The van der Waals surface area contributed by atoms with Crippen LogP contribution in [0.1, 0.15) is 12.0 Å². The lowest BCUT2D eigenvalue weighted by Gasteiger charge is -2.35. The predicted octanol–water partition coefficient (Wildman–Crippen LogP) is 1.17. The molecule has 0 bridgehead atoms. The maximum absolute atomic E-state index is 12.9. The average molecular weight is 365 g/mol. The number of carbonyl (C=O) groups is 2. The molecule has 0 N–H and O–H groups in total. The van der Waals surface area contributed by atoms with Crippen molar-refractivity contribution in [1.82, 2.24) is 19.8 Å². The van der Waals surface area contributed by atoms with Crippen molar-refractivity contribution in [3.8, 4) is 0 Å². The quantitative estimate of drug-likeness (QED) is 0.814. The number of rotatable bonds is 4. The number of piperazine rings is 1. The highest BCUT2D eigenvalue weighted by molar-refractivity contribution is 5.89. The average Bonchev–Trinajstić information content (AvgIpc) is 3.09. The molecule has 2 aliphatic rings. The number of hydrogen-bond acceptors (Lipinski definition) is 5. The van der Waals surface area contributed by atoms with Gasteiger partial charge in [0.05, 0.1) is 5.92 Å². The van der Waals surface area contributed by atoms with Gasteiger partial charge in [0.2, 0.25) is 17.8 Å². The van der Waals surface area contributed by atoms with Crippen LogP contribution in [0.15, 0.2) is 48.8 Å². The Morgan fingerprint density at radius 3 is 2.41 bits per heavy atom. The number of aromatic nitrogens is 2. The van der Waals surface area contributed by atoms with Crippen molar-refractivity contribution < 1.29 is 9.59 Å². The molecule has 1 aromatic carbocycles. The lowest BCUT2D eigenvalue weighted by molar-refractivity contribution is -0.136. The number of benzene rings is 1. The number of anilines is 1. The highest BCUT2D eigenvalue weighted by Crippen LogP contribution is 2.23. The third-order valence-electron chi connectivity index (χ3n) is 5.21. The first kappa shape index (κ1) is 17.5. The van der Waals surface area contributed by atoms with Gasteiger partial charge in [-0.2, -0.15) is 0 Å². The maximum Gasteiger partial charge on any atom is 0.228 e. The third-order valence-corrected chi connectivity index (χ3v) is 5.21. The summed E-state index contributed by atoms with van der Waals surface area (Å²) in [5.74, 6) is 0.622. The summed E-state index contributed by atoms with van der Waals surface area (Å²) in [6, 6.07) is 11.7. The summed E-state index contributed by atoms with van der Waals surface area (Å²) < 4.78 is 0. The van der Waals surface area contributed by atoms with E-state index in [0.717, 1.165) is 5.56 Å². The van der Waals surface area contributed by atoms with Gasteiger partial charge in [0.25, 0.3) is 0 Å². The first-order valence-corrected chi connectivity index (χ1v) is 9.33. The molecule has 0 aliphatic carbocycles. The van der Waals surface area contributed by atoms with E-state index >= 15 is 0 Å². The lowest BCUT2D eigenvalue weighted by Crippen LogP contribution is -2.51. The number of carbonyl (C=O) groups excluding carboxylic acids is 2. The smallest absolute Gasteiger partial charge is 0.228 e. The third kappa shape index (κ3) is 3.92. The van der Waals surface area contributed by atoms with Crippen molar-refractivity contribution in [3.63, 3.8) is 0 Å². The van der Waals surface area contributed by atoms with Gasteiger partial charge in [0.15, 0.2) is 0 Å². The van der Waals surface area contributed by atoms with Crippen LogP contribution in [0.3, 0.4) is 0 Å². The minimum absolute atomic E-state index is 0.0634. The molecule has 27 heavy (non-hydrogen) atoms. The molecule has 7 heteroatoms. The van der Waals surface area contributed by atoms with Gasteiger partial charge in [-0.05, 0) is 11.6 Å². The first-order valence-electron chi connectivity index (χ1n) is 9.33. The standard InChI is InChI=1S/C20H23N5O2/c26-18-13-17(15-25(18)14-16-5-2-1-3-6-16)19(27)23-9-11-24(12-10-23)20-21-7-4-8-22-20/h1-8,17H,9-15H2/t17-/m0/s1.